The van der Waals surface area contributed by atoms with Gasteiger partial charge in [-0.25, -0.2) is 9.13 Å². The molecule has 0 aliphatic heterocycles. The third kappa shape index (κ3) is 95.2. The number of allylic oxidation sites excluding steroid dienone is 30. The first kappa shape index (κ1) is 116. The highest BCUT2D eigenvalue weighted by Crippen LogP contribution is 2.45. The molecule has 0 aromatic heterocycles. The highest BCUT2D eigenvalue weighted by Gasteiger charge is 2.30. The molecule has 0 aliphatic carbocycles. The molecule has 0 aliphatic rings. The second kappa shape index (κ2) is 93.8. The standard InChI is InChI=1S/C103H174O16P2/c1-4-7-10-13-16-19-22-25-28-31-34-37-40-43-45-47-48-50-52-54-56-59-62-65-68-71-74-77-80-83-86-89-101(106)113-92-98(104)93-115-120(109,110)116-94-99(105)95-117-121(111,112)118-97-100(119-103(108)91-88-85-82-79-76-73-70-67-64-61-58-53-42-39-36-33-30-27-24-21-18-15-12-9-6-3)96-114-102(107)90-87-84-81-78-75-72-69-66-63-60-57-55-51-49-46-44-41-38-35-32-29-26-23-20-17-14-11-8-5-2/h8-9,11-12,16-21,25-30,34-39,43-46,53,58,64,67,98-100,104-105H,4-7,10,13-15,22-24,31-33,40-42,47-52,54-57,59-63,65-66,68-97H2,1-3H3,(H,109,110)(H,111,112)/b11-8-,12-9-,19-16-,20-17-,21-18-,28-25-,29-26-,30-27-,37-34-,38-35-,39-36-,45-43-,46-44-,58-53-,67-64-. The summed E-state index contributed by atoms with van der Waals surface area (Å²) in [6.07, 6.45) is 124. The number of phosphoric acid groups is 2. The zero-order valence-electron chi connectivity index (χ0n) is 76.4. The first-order valence-electron chi connectivity index (χ1n) is 48.1. The first-order valence-corrected chi connectivity index (χ1v) is 51.1. The van der Waals surface area contributed by atoms with Gasteiger partial charge in [0.15, 0.2) is 6.10 Å². The van der Waals surface area contributed by atoms with Gasteiger partial charge in [0.25, 0.3) is 0 Å². The molecule has 18 heteroatoms. The van der Waals surface area contributed by atoms with Gasteiger partial charge in [-0.3, -0.25) is 32.5 Å². The number of hydrogen-bond donors (Lipinski definition) is 4. The van der Waals surface area contributed by atoms with Crippen LogP contribution in [-0.2, 0) is 55.8 Å². The minimum absolute atomic E-state index is 0.0816. The molecule has 0 aromatic rings. The van der Waals surface area contributed by atoms with Crippen molar-refractivity contribution in [1.82, 2.24) is 0 Å². The summed E-state index contributed by atoms with van der Waals surface area (Å²) in [5, 5.41) is 20.8. The van der Waals surface area contributed by atoms with Gasteiger partial charge < -0.3 is 34.2 Å². The van der Waals surface area contributed by atoms with E-state index in [0.717, 1.165) is 180 Å². The minimum atomic E-state index is -4.95. The van der Waals surface area contributed by atoms with Gasteiger partial charge in [0.2, 0.25) is 0 Å². The molecule has 16 nitrogen and oxygen atoms in total. The molecule has 121 heavy (non-hydrogen) atoms. The zero-order chi connectivity index (χ0) is 87.9. The van der Waals surface area contributed by atoms with E-state index in [2.05, 4.69) is 203 Å². The van der Waals surface area contributed by atoms with Gasteiger partial charge in [-0.2, -0.15) is 0 Å². The summed E-state index contributed by atoms with van der Waals surface area (Å²) in [7, 11) is -9.82. The van der Waals surface area contributed by atoms with E-state index < -0.39 is 91.5 Å². The van der Waals surface area contributed by atoms with E-state index in [9.17, 15) is 43.5 Å². The van der Waals surface area contributed by atoms with Crippen LogP contribution in [0.5, 0.6) is 0 Å². The van der Waals surface area contributed by atoms with Crippen LogP contribution in [0.2, 0.25) is 0 Å². The molecule has 0 amide bonds. The van der Waals surface area contributed by atoms with Crippen molar-refractivity contribution in [2.75, 3.05) is 39.6 Å². The first-order chi connectivity index (χ1) is 59.2. The van der Waals surface area contributed by atoms with E-state index in [1.165, 1.54) is 154 Å². The van der Waals surface area contributed by atoms with Crippen LogP contribution in [0.4, 0.5) is 0 Å². The Labute approximate surface area is 738 Å². The van der Waals surface area contributed by atoms with E-state index in [-0.39, 0.29) is 19.3 Å². The maximum Gasteiger partial charge on any atom is 0.472 e. The lowest BCUT2D eigenvalue weighted by Gasteiger charge is -2.21. The van der Waals surface area contributed by atoms with Gasteiger partial charge in [0.05, 0.1) is 26.4 Å². The van der Waals surface area contributed by atoms with Gasteiger partial charge in [0.1, 0.15) is 25.4 Å². The monoisotopic (exact) mass is 1730 g/mol. The number of rotatable bonds is 90. The van der Waals surface area contributed by atoms with Gasteiger partial charge in [0, 0.05) is 19.3 Å². The summed E-state index contributed by atoms with van der Waals surface area (Å²) in [4.78, 5) is 59.1. The Bertz CT molecular complexity index is 2930. The molecule has 0 aromatic carbocycles. The van der Waals surface area contributed by atoms with Crippen molar-refractivity contribution >= 4 is 33.6 Å². The minimum Gasteiger partial charge on any atom is -0.463 e. The number of aliphatic hydroxyl groups excluding tert-OH is 2. The van der Waals surface area contributed by atoms with E-state index in [0.29, 0.717) is 19.3 Å². The van der Waals surface area contributed by atoms with E-state index in [1.54, 1.807) is 0 Å². The number of phosphoric ester groups is 2. The predicted octanol–water partition coefficient (Wildman–Crippen LogP) is 30.0. The summed E-state index contributed by atoms with van der Waals surface area (Å²) >= 11 is 0. The third-order valence-electron chi connectivity index (χ3n) is 20.1. The molecule has 0 heterocycles. The molecule has 0 saturated carbocycles. The van der Waals surface area contributed by atoms with E-state index in [4.69, 9.17) is 32.3 Å². The highest BCUT2D eigenvalue weighted by molar-refractivity contribution is 7.47. The van der Waals surface area contributed by atoms with Crippen molar-refractivity contribution in [3.8, 4) is 0 Å². The molecular weight excluding hydrogens is 1560 g/mol. The fourth-order valence-electron chi connectivity index (χ4n) is 12.9. The fraction of sp³-hybridized carbons (Fsp3) is 0.680. The number of aliphatic hydroxyl groups is 2. The maximum absolute atomic E-state index is 13.1. The van der Waals surface area contributed by atoms with Crippen LogP contribution in [0.15, 0.2) is 182 Å². The van der Waals surface area contributed by atoms with Crippen molar-refractivity contribution in [3.05, 3.63) is 182 Å². The molecule has 5 atom stereocenters. The fourth-order valence-corrected chi connectivity index (χ4v) is 14.5. The van der Waals surface area contributed by atoms with Crippen molar-refractivity contribution in [2.24, 2.45) is 0 Å². The lowest BCUT2D eigenvalue weighted by atomic mass is 10.0. The van der Waals surface area contributed by atoms with Gasteiger partial charge in [-0.05, 0) is 161 Å². The summed E-state index contributed by atoms with van der Waals surface area (Å²) in [5.74, 6) is -1.59. The van der Waals surface area contributed by atoms with Gasteiger partial charge >= 0.3 is 33.6 Å². The normalized spacial score (nSPS) is 14.5. The van der Waals surface area contributed by atoms with Crippen LogP contribution in [0.1, 0.15) is 393 Å². The maximum atomic E-state index is 13.1. The van der Waals surface area contributed by atoms with Crippen LogP contribution in [-0.4, -0.2) is 95.9 Å². The summed E-state index contributed by atoms with van der Waals surface area (Å²) in [6, 6.07) is 0. The Hall–Kier alpha value is -5.35. The molecule has 692 valence electrons. The summed E-state index contributed by atoms with van der Waals surface area (Å²) in [6.45, 7) is 2.45. The SMILES string of the molecule is CC/C=C\C/C=C\C/C=C\C/C=C\C/C=C\C/C=C\CCCCCCCCC(=O)OC(COC(=O)CCCCCCCCCCCCCCC/C=C\C/C=C\C/C=C\C/C=C\C/C=C\CC)COP(=O)(O)OCC(O)COP(=O)(O)OCC(O)COC(=O)CCCCCCCCCCCCCCCCC/C=C\C/C=C\C/C=C\C/C=C\CCCCC. The molecule has 0 spiro atoms. The average Bonchev–Trinajstić information content (AvgIpc) is 0.943. The topological polar surface area (TPSA) is 231 Å². The number of carbonyl (C=O) groups excluding carboxylic acids is 3. The zero-order valence-corrected chi connectivity index (χ0v) is 78.2. The lowest BCUT2D eigenvalue weighted by Crippen LogP contribution is -2.30. The Morgan fingerprint density at radius 2 is 0.438 bits per heavy atom. The van der Waals surface area contributed by atoms with Crippen LogP contribution in [0.3, 0.4) is 0 Å². The molecule has 0 saturated heterocycles. The van der Waals surface area contributed by atoms with Crippen molar-refractivity contribution in [2.45, 2.75) is 411 Å². The van der Waals surface area contributed by atoms with Crippen molar-refractivity contribution in [1.29, 1.82) is 0 Å². The second-order valence-corrected chi connectivity index (χ2v) is 34.7. The molecule has 5 unspecified atom stereocenters. The van der Waals surface area contributed by atoms with Gasteiger partial charge in [-0.15, -0.1) is 0 Å². The van der Waals surface area contributed by atoms with Crippen LogP contribution in [0, 0.1) is 0 Å². The predicted molar refractivity (Wildman–Crippen MR) is 509 cm³/mol. The number of unbranched alkanes of at least 4 members (excludes halogenated alkanes) is 37. The third-order valence-corrected chi connectivity index (χ3v) is 22.0. The Balaban J connectivity index is 4.64. The molecular formula is C103H174O16P2. The van der Waals surface area contributed by atoms with Crippen LogP contribution in [0.25, 0.3) is 0 Å². The second-order valence-electron chi connectivity index (χ2n) is 31.8. The van der Waals surface area contributed by atoms with E-state index >= 15 is 0 Å². The lowest BCUT2D eigenvalue weighted by molar-refractivity contribution is -0.161. The number of hydrogen-bond acceptors (Lipinski definition) is 14. The van der Waals surface area contributed by atoms with Gasteiger partial charge in [-0.1, -0.05) is 396 Å². The van der Waals surface area contributed by atoms with Crippen LogP contribution >= 0.6 is 15.6 Å². The molecule has 4 N–H and O–H groups in total. The Morgan fingerprint density at radius 3 is 0.694 bits per heavy atom. The van der Waals surface area contributed by atoms with Crippen molar-refractivity contribution in [3.63, 3.8) is 0 Å². The van der Waals surface area contributed by atoms with E-state index in [1.807, 2.05) is 0 Å². The molecule has 0 rings (SSSR count). The number of esters is 3. The summed E-state index contributed by atoms with van der Waals surface area (Å²) in [5.41, 5.74) is 0. The molecule has 0 radical (unpaired) electrons. The number of carbonyl (C=O) groups is 3. The largest absolute Gasteiger partial charge is 0.472 e. The number of ether oxygens (including phenoxy) is 3. The Kier molecular flexibility index (Phi) is 89.6. The highest BCUT2D eigenvalue weighted by atomic mass is 31.2. The average molecular weight is 1730 g/mol. The van der Waals surface area contributed by atoms with Crippen molar-refractivity contribution < 1.29 is 75.8 Å². The Morgan fingerprint density at radius 1 is 0.240 bits per heavy atom. The molecule has 0 fully saturated rings. The van der Waals surface area contributed by atoms with Crippen LogP contribution < -0.4 is 0 Å². The molecule has 0 bridgehead atoms. The quantitative estimate of drug-likeness (QED) is 0.0146. The smallest absolute Gasteiger partial charge is 0.463 e. The summed E-state index contributed by atoms with van der Waals surface area (Å²) < 4.78 is 61.6.